The van der Waals surface area contributed by atoms with Crippen LogP contribution in [0.1, 0.15) is 6.92 Å². The first-order valence-corrected chi connectivity index (χ1v) is 4.81. The van der Waals surface area contributed by atoms with Gasteiger partial charge >= 0.3 is 11.7 Å². The molecule has 0 aliphatic carbocycles. The summed E-state index contributed by atoms with van der Waals surface area (Å²) in [5.74, 6) is -0.591. The second-order valence-corrected chi connectivity index (χ2v) is 3.47. The van der Waals surface area contributed by atoms with Crippen LogP contribution in [-0.2, 0) is 16.6 Å². The quantitative estimate of drug-likeness (QED) is 0.562. The van der Waals surface area contributed by atoms with Crippen LogP contribution in [0.5, 0.6) is 0 Å². The molecule has 1 rings (SSSR count). The van der Waals surface area contributed by atoms with Gasteiger partial charge in [-0.1, -0.05) is 0 Å². The van der Waals surface area contributed by atoms with Crippen LogP contribution in [-0.4, -0.2) is 28.7 Å². The SMILES string of the molecule is COC(=O)C(C)Nc1c(N)n(C)c(=O)[nH]c1=O. The molecule has 8 heteroatoms. The molecule has 1 heterocycles. The summed E-state index contributed by atoms with van der Waals surface area (Å²) in [5, 5.41) is 2.59. The zero-order valence-electron chi connectivity index (χ0n) is 9.73. The summed E-state index contributed by atoms with van der Waals surface area (Å²) in [6.07, 6.45) is 0. The van der Waals surface area contributed by atoms with Crippen molar-refractivity contribution in [2.75, 3.05) is 18.2 Å². The third-order valence-electron chi connectivity index (χ3n) is 2.29. The zero-order valence-corrected chi connectivity index (χ0v) is 9.73. The number of anilines is 2. The highest BCUT2D eigenvalue weighted by molar-refractivity contribution is 5.79. The zero-order chi connectivity index (χ0) is 13.2. The van der Waals surface area contributed by atoms with Gasteiger partial charge in [0.05, 0.1) is 7.11 Å². The van der Waals surface area contributed by atoms with Gasteiger partial charge in [-0.05, 0) is 6.92 Å². The normalized spacial score (nSPS) is 11.9. The minimum atomic E-state index is -0.749. The Balaban J connectivity index is 3.16. The van der Waals surface area contributed by atoms with E-state index in [1.54, 1.807) is 0 Å². The molecular weight excluding hydrogens is 228 g/mol. The molecule has 0 bridgehead atoms. The Bertz CT molecular complexity index is 545. The number of hydrogen-bond donors (Lipinski definition) is 3. The molecule has 4 N–H and O–H groups in total. The van der Waals surface area contributed by atoms with Crippen molar-refractivity contribution >= 4 is 17.5 Å². The number of esters is 1. The fourth-order valence-corrected chi connectivity index (χ4v) is 1.23. The summed E-state index contributed by atoms with van der Waals surface area (Å²) in [6, 6.07) is -0.749. The first kappa shape index (κ1) is 12.8. The standard InChI is InChI=1S/C9H14N4O4/c1-4(8(15)17-3)11-5-6(10)13(2)9(16)12-7(5)14/h4,11H,10H2,1-3H3,(H,12,14,16). The molecule has 0 radical (unpaired) electrons. The number of methoxy groups -OCH3 is 1. The highest BCUT2D eigenvalue weighted by Gasteiger charge is 2.17. The van der Waals surface area contributed by atoms with Gasteiger partial charge in [0.15, 0.2) is 0 Å². The van der Waals surface area contributed by atoms with Crippen molar-refractivity contribution in [2.24, 2.45) is 7.05 Å². The minimum Gasteiger partial charge on any atom is -0.467 e. The average molecular weight is 242 g/mol. The Labute approximate surface area is 96.4 Å². The molecule has 0 aromatic carbocycles. The van der Waals surface area contributed by atoms with E-state index in [-0.39, 0.29) is 11.5 Å². The first-order chi connectivity index (χ1) is 7.88. The van der Waals surface area contributed by atoms with E-state index in [0.29, 0.717) is 0 Å². The van der Waals surface area contributed by atoms with Crippen LogP contribution in [0.2, 0.25) is 0 Å². The lowest BCUT2D eigenvalue weighted by atomic mass is 10.3. The number of carbonyl (C=O) groups excluding carboxylic acids is 1. The molecule has 1 aromatic rings. The van der Waals surface area contributed by atoms with Crippen molar-refractivity contribution in [1.29, 1.82) is 0 Å². The number of H-pyrrole nitrogens is 1. The number of rotatable bonds is 3. The number of aromatic amines is 1. The molecule has 0 saturated heterocycles. The fourth-order valence-electron chi connectivity index (χ4n) is 1.23. The second-order valence-electron chi connectivity index (χ2n) is 3.47. The van der Waals surface area contributed by atoms with Crippen molar-refractivity contribution in [3.8, 4) is 0 Å². The van der Waals surface area contributed by atoms with E-state index in [0.717, 1.165) is 4.57 Å². The summed E-state index contributed by atoms with van der Waals surface area (Å²) in [5.41, 5.74) is 4.26. The predicted molar refractivity (Wildman–Crippen MR) is 61.8 cm³/mol. The number of nitrogen functional groups attached to an aromatic ring is 1. The summed E-state index contributed by atoms with van der Waals surface area (Å²) < 4.78 is 5.56. The van der Waals surface area contributed by atoms with E-state index in [1.807, 2.05) is 0 Å². The molecule has 0 amide bonds. The number of nitrogens with two attached hydrogens (primary N) is 1. The van der Waals surface area contributed by atoms with Gasteiger partial charge in [-0.3, -0.25) is 14.3 Å². The molecule has 0 fully saturated rings. The van der Waals surface area contributed by atoms with Gasteiger partial charge in [-0.25, -0.2) is 9.59 Å². The summed E-state index contributed by atoms with van der Waals surface area (Å²) in [4.78, 5) is 35.9. The Morgan fingerprint density at radius 3 is 2.65 bits per heavy atom. The monoisotopic (exact) mass is 242 g/mol. The van der Waals surface area contributed by atoms with E-state index in [1.165, 1.54) is 21.1 Å². The summed E-state index contributed by atoms with van der Waals surface area (Å²) in [6.45, 7) is 1.51. The number of nitrogens with zero attached hydrogens (tertiary/aromatic N) is 1. The number of aromatic nitrogens is 2. The number of hydrogen-bond acceptors (Lipinski definition) is 6. The van der Waals surface area contributed by atoms with Crippen LogP contribution in [0.4, 0.5) is 11.5 Å². The maximum atomic E-state index is 11.5. The van der Waals surface area contributed by atoms with Gasteiger partial charge in [0.1, 0.15) is 17.5 Å². The molecule has 94 valence electrons. The minimum absolute atomic E-state index is 0.0370. The van der Waals surface area contributed by atoms with Crippen LogP contribution < -0.4 is 22.3 Å². The number of carbonyl (C=O) groups is 1. The Hall–Kier alpha value is -2.25. The molecule has 17 heavy (non-hydrogen) atoms. The van der Waals surface area contributed by atoms with E-state index < -0.39 is 23.3 Å². The van der Waals surface area contributed by atoms with Crippen LogP contribution in [0.15, 0.2) is 9.59 Å². The number of ether oxygens (including phenoxy) is 1. The third kappa shape index (κ3) is 2.47. The molecule has 1 aromatic heterocycles. The van der Waals surface area contributed by atoms with Crippen molar-refractivity contribution in [3.05, 3.63) is 20.8 Å². The van der Waals surface area contributed by atoms with Crippen molar-refractivity contribution in [2.45, 2.75) is 13.0 Å². The summed E-state index contributed by atoms with van der Waals surface area (Å²) >= 11 is 0. The fraction of sp³-hybridized carbons (Fsp3) is 0.444. The molecule has 8 nitrogen and oxygen atoms in total. The topological polar surface area (TPSA) is 119 Å². The van der Waals surface area contributed by atoms with Gasteiger partial charge in [0.25, 0.3) is 5.56 Å². The lowest BCUT2D eigenvalue weighted by molar-refractivity contribution is -0.141. The van der Waals surface area contributed by atoms with Gasteiger partial charge in [-0.15, -0.1) is 0 Å². The largest absolute Gasteiger partial charge is 0.467 e. The smallest absolute Gasteiger partial charge is 0.329 e. The molecule has 1 unspecified atom stereocenters. The van der Waals surface area contributed by atoms with E-state index in [9.17, 15) is 14.4 Å². The van der Waals surface area contributed by atoms with Gasteiger partial charge in [-0.2, -0.15) is 0 Å². The molecular formula is C9H14N4O4. The Kier molecular flexibility index (Phi) is 3.56. The van der Waals surface area contributed by atoms with Crippen LogP contribution in [0.25, 0.3) is 0 Å². The van der Waals surface area contributed by atoms with Crippen LogP contribution in [0.3, 0.4) is 0 Å². The predicted octanol–water partition coefficient (Wildman–Crippen LogP) is -1.37. The van der Waals surface area contributed by atoms with Crippen LogP contribution >= 0.6 is 0 Å². The lowest BCUT2D eigenvalue weighted by Gasteiger charge is -2.14. The lowest BCUT2D eigenvalue weighted by Crippen LogP contribution is -2.36. The average Bonchev–Trinajstić information content (AvgIpc) is 2.30. The van der Waals surface area contributed by atoms with Gasteiger partial charge in [0.2, 0.25) is 0 Å². The third-order valence-corrected chi connectivity index (χ3v) is 2.29. The van der Waals surface area contributed by atoms with Crippen LogP contribution in [0, 0.1) is 0 Å². The molecule has 0 aliphatic rings. The van der Waals surface area contributed by atoms with E-state index in [4.69, 9.17) is 5.73 Å². The molecule has 0 spiro atoms. The van der Waals surface area contributed by atoms with Crippen molar-refractivity contribution < 1.29 is 9.53 Å². The first-order valence-electron chi connectivity index (χ1n) is 4.81. The molecule has 0 saturated carbocycles. The molecule has 1 atom stereocenters. The Morgan fingerprint density at radius 2 is 2.12 bits per heavy atom. The second kappa shape index (κ2) is 4.73. The highest BCUT2D eigenvalue weighted by atomic mass is 16.5. The van der Waals surface area contributed by atoms with E-state index >= 15 is 0 Å². The van der Waals surface area contributed by atoms with Crippen molar-refractivity contribution in [3.63, 3.8) is 0 Å². The summed E-state index contributed by atoms with van der Waals surface area (Å²) in [7, 11) is 2.64. The maximum absolute atomic E-state index is 11.5. The highest BCUT2D eigenvalue weighted by Crippen LogP contribution is 2.10. The van der Waals surface area contributed by atoms with Gasteiger partial charge in [0, 0.05) is 7.05 Å². The van der Waals surface area contributed by atoms with Crippen molar-refractivity contribution in [1.82, 2.24) is 9.55 Å². The molecule has 0 aliphatic heterocycles. The van der Waals surface area contributed by atoms with E-state index in [2.05, 4.69) is 15.0 Å². The maximum Gasteiger partial charge on any atom is 0.329 e. The number of nitrogens with one attached hydrogen (secondary N) is 2. The van der Waals surface area contributed by atoms with Gasteiger partial charge < -0.3 is 15.8 Å². The Morgan fingerprint density at radius 1 is 1.53 bits per heavy atom.